The summed E-state index contributed by atoms with van der Waals surface area (Å²) in [5.41, 5.74) is 1.52. The van der Waals surface area contributed by atoms with Crippen molar-refractivity contribution in [1.29, 1.82) is 5.26 Å². The van der Waals surface area contributed by atoms with Crippen LogP contribution in [0.1, 0.15) is 64.6 Å². The maximum absolute atomic E-state index is 9.34. The van der Waals surface area contributed by atoms with Gasteiger partial charge in [-0.1, -0.05) is 26.2 Å². The molecule has 1 N–H and O–H groups in total. The van der Waals surface area contributed by atoms with Crippen LogP contribution in [-0.4, -0.2) is 25.6 Å². The van der Waals surface area contributed by atoms with Crippen LogP contribution in [-0.2, 0) is 6.54 Å². The van der Waals surface area contributed by atoms with E-state index in [9.17, 15) is 5.26 Å². The lowest BCUT2D eigenvalue weighted by Crippen LogP contribution is -2.31. The number of anilines is 1. The minimum absolute atomic E-state index is 0.175. The monoisotopic (exact) mass is 430 g/mol. The first kappa shape index (κ1) is 18.7. The molecule has 2 aliphatic rings. The van der Waals surface area contributed by atoms with Crippen molar-refractivity contribution in [3.8, 4) is 6.07 Å². The Morgan fingerprint density at radius 2 is 1.93 bits per heavy atom. The predicted molar refractivity (Wildman–Crippen MR) is 109 cm³/mol. The molecule has 144 valence electrons. The average Bonchev–Trinajstić information content (AvgIpc) is 2.90. The summed E-state index contributed by atoms with van der Waals surface area (Å²) >= 11 is 3.62. The summed E-state index contributed by atoms with van der Waals surface area (Å²) in [6.45, 7) is 5.48. The van der Waals surface area contributed by atoms with Crippen LogP contribution in [0, 0.1) is 29.1 Å². The minimum Gasteiger partial charge on any atom is -0.365 e. The topological polar surface area (TPSA) is 79.4 Å². The highest BCUT2D eigenvalue weighted by Crippen LogP contribution is 2.35. The van der Waals surface area contributed by atoms with Gasteiger partial charge in [0.25, 0.3) is 0 Å². The van der Waals surface area contributed by atoms with Gasteiger partial charge in [0, 0.05) is 12.6 Å². The van der Waals surface area contributed by atoms with Gasteiger partial charge in [-0.05, 0) is 66.3 Å². The lowest BCUT2D eigenvalue weighted by molar-refractivity contribution is 0.265. The summed E-state index contributed by atoms with van der Waals surface area (Å²) in [7, 11) is 0. The molecule has 1 atom stereocenters. The van der Waals surface area contributed by atoms with E-state index in [4.69, 9.17) is 0 Å². The lowest BCUT2D eigenvalue weighted by Gasteiger charge is -2.32. The summed E-state index contributed by atoms with van der Waals surface area (Å²) < 4.78 is 2.98. The van der Waals surface area contributed by atoms with E-state index in [1.807, 2.05) is 0 Å². The molecule has 6 nitrogen and oxygen atoms in total. The molecule has 0 spiro atoms. The normalized spacial score (nSPS) is 24.4. The Morgan fingerprint density at radius 1 is 1.19 bits per heavy atom. The summed E-state index contributed by atoms with van der Waals surface area (Å²) in [6.07, 6.45) is 8.94. The van der Waals surface area contributed by atoms with Gasteiger partial charge in [0.1, 0.15) is 11.6 Å². The van der Waals surface area contributed by atoms with Crippen LogP contribution in [0.25, 0.3) is 11.2 Å². The fraction of sp³-hybridized carbons (Fsp3) is 0.700. The van der Waals surface area contributed by atoms with E-state index in [1.165, 1.54) is 44.9 Å². The van der Waals surface area contributed by atoms with Crippen LogP contribution in [0.3, 0.4) is 0 Å². The largest absolute Gasteiger partial charge is 0.365 e. The number of hydrogen-bond donors (Lipinski definition) is 1. The summed E-state index contributed by atoms with van der Waals surface area (Å²) in [5.74, 6) is 3.10. The van der Waals surface area contributed by atoms with Gasteiger partial charge < -0.3 is 9.88 Å². The van der Waals surface area contributed by atoms with E-state index < -0.39 is 0 Å². The number of rotatable bonds is 5. The molecular formula is C20H27BrN6. The number of nitriles is 1. The van der Waals surface area contributed by atoms with Crippen molar-refractivity contribution < 1.29 is 0 Å². The Kier molecular flexibility index (Phi) is 5.36. The van der Waals surface area contributed by atoms with Gasteiger partial charge >= 0.3 is 0 Å². The molecule has 2 aromatic heterocycles. The number of fused-ring (bicyclic) bond motifs is 1. The Bertz CT molecular complexity index is 857. The van der Waals surface area contributed by atoms with E-state index in [1.54, 1.807) is 0 Å². The second kappa shape index (κ2) is 7.75. The number of imidazole rings is 1. The Labute approximate surface area is 168 Å². The van der Waals surface area contributed by atoms with Crippen LogP contribution in [0.4, 0.5) is 5.82 Å². The van der Waals surface area contributed by atoms with Crippen molar-refractivity contribution in [2.45, 2.75) is 71.4 Å². The molecule has 2 saturated carbocycles. The highest BCUT2D eigenvalue weighted by molar-refractivity contribution is 9.10. The minimum atomic E-state index is 0.175. The first-order valence-corrected chi connectivity index (χ1v) is 10.9. The smallest absolute Gasteiger partial charge is 0.236 e. The number of aromatic nitrogens is 4. The maximum atomic E-state index is 9.34. The summed E-state index contributed by atoms with van der Waals surface area (Å²) in [4.78, 5) is 13.5. The van der Waals surface area contributed by atoms with Crippen LogP contribution in [0.15, 0.2) is 4.73 Å². The zero-order valence-electron chi connectivity index (χ0n) is 16.1. The molecule has 0 saturated heterocycles. The third-order valence-corrected chi connectivity index (χ3v) is 7.06. The molecule has 0 bridgehead atoms. The Hall–Kier alpha value is -1.68. The molecular weight excluding hydrogens is 404 g/mol. The van der Waals surface area contributed by atoms with Crippen molar-refractivity contribution in [2.24, 2.45) is 17.8 Å². The zero-order chi connectivity index (χ0) is 19.0. The number of halogens is 1. The quantitative estimate of drug-likeness (QED) is 0.682. The number of hydrogen-bond acceptors (Lipinski definition) is 5. The van der Waals surface area contributed by atoms with Gasteiger partial charge in [-0.25, -0.2) is 4.98 Å². The van der Waals surface area contributed by atoms with Crippen LogP contribution < -0.4 is 5.32 Å². The third kappa shape index (κ3) is 3.82. The summed E-state index contributed by atoms with van der Waals surface area (Å²) in [6, 6.07) is 2.41. The van der Waals surface area contributed by atoms with Gasteiger partial charge in [-0.3, -0.25) is 0 Å². The van der Waals surface area contributed by atoms with Crippen molar-refractivity contribution in [2.75, 3.05) is 5.32 Å². The van der Waals surface area contributed by atoms with E-state index in [0.717, 1.165) is 28.5 Å². The fourth-order valence-electron chi connectivity index (χ4n) is 4.37. The van der Waals surface area contributed by atoms with E-state index in [-0.39, 0.29) is 5.82 Å². The molecule has 27 heavy (non-hydrogen) atoms. The first-order chi connectivity index (χ1) is 13.0. The van der Waals surface area contributed by atoms with Crippen molar-refractivity contribution >= 4 is 32.9 Å². The van der Waals surface area contributed by atoms with E-state index >= 15 is 0 Å². The Morgan fingerprint density at radius 3 is 2.56 bits per heavy atom. The molecule has 0 radical (unpaired) electrons. The van der Waals surface area contributed by atoms with Gasteiger partial charge in [0.15, 0.2) is 16.2 Å². The van der Waals surface area contributed by atoms with Crippen LogP contribution in [0.5, 0.6) is 0 Å². The molecule has 4 rings (SSSR count). The number of nitrogens with zero attached hydrogens (tertiary/aromatic N) is 5. The van der Waals surface area contributed by atoms with Crippen LogP contribution in [0.2, 0.25) is 0 Å². The van der Waals surface area contributed by atoms with Gasteiger partial charge in [-0.2, -0.15) is 15.2 Å². The summed E-state index contributed by atoms with van der Waals surface area (Å²) in [5, 5.41) is 12.9. The molecule has 2 aromatic rings. The van der Waals surface area contributed by atoms with Crippen LogP contribution >= 0.6 is 15.9 Å². The van der Waals surface area contributed by atoms with Crippen molar-refractivity contribution in [3.63, 3.8) is 0 Å². The molecule has 1 unspecified atom stereocenters. The number of nitrogens with one attached hydrogen (secondary N) is 1. The molecule has 0 aromatic carbocycles. The zero-order valence-corrected chi connectivity index (χ0v) is 17.7. The van der Waals surface area contributed by atoms with E-state index in [2.05, 4.69) is 60.7 Å². The molecule has 2 aliphatic carbocycles. The van der Waals surface area contributed by atoms with E-state index in [0.29, 0.717) is 23.5 Å². The molecule has 0 aliphatic heterocycles. The third-order valence-electron chi connectivity index (χ3n) is 6.45. The molecule has 2 heterocycles. The first-order valence-electron chi connectivity index (χ1n) is 10.2. The predicted octanol–water partition coefficient (Wildman–Crippen LogP) is 4.89. The standard InChI is InChI=1S/C20H27BrN6/c1-12-6-8-14(9-7-12)11-27-17-18(23-13(2)15-4-3-5-15)24-16(10-22)25-19(17)26-20(27)21/h12-15H,3-9,11H2,1-2H3,(H,23,24,25). The highest BCUT2D eigenvalue weighted by Gasteiger charge is 2.27. The molecule has 7 heteroatoms. The fourth-order valence-corrected chi connectivity index (χ4v) is 4.86. The lowest BCUT2D eigenvalue weighted by atomic mass is 9.80. The highest BCUT2D eigenvalue weighted by atomic mass is 79.9. The maximum Gasteiger partial charge on any atom is 0.236 e. The second-order valence-corrected chi connectivity index (χ2v) is 9.13. The molecule has 2 fully saturated rings. The van der Waals surface area contributed by atoms with Gasteiger partial charge in [-0.15, -0.1) is 0 Å². The molecule has 0 amide bonds. The van der Waals surface area contributed by atoms with Gasteiger partial charge in [0.2, 0.25) is 5.82 Å². The Balaban J connectivity index is 1.68. The SMILES string of the molecule is CC1CCC(Cn2c(Br)nc3nc(C#N)nc(NC(C)C4CCC4)c32)CC1. The van der Waals surface area contributed by atoms with Gasteiger partial charge in [0.05, 0.1) is 0 Å². The van der Waals surface area contributed by atoms with Crippen molar-refractivity contribution in [1.82, 2.24) is 19.5 Å². The average molecular weight is 431 g/mol. The van der Waals surface area contributed by atoms with Crippen molar-refractivity contribution in [3.05, 3.63) is 10.6 Å². The second-order valence-electron chi connectivity index (χ2n) is 8.42.